The lowest BCUT2D eigenvalue weighted by molar-refractivity contribution is 0.0492. The van der Waals surface area contributed by atoms with Gasteiger partial charge in [-0.05, 0) is 69.1 Å². The number of hydrogen-bond donors (Lipinski definition) is 0. The predicted octanol–water partition coefficient (Wildman–Crippen LogP) is 4.63. The van der Waals surface area contributed by atoms with Gasteiger partial charge in [-0.1, -0.05) is 6.92 Å². The number of ether oxygens (including phenoxy) is 7. The Morgan fingerprint density at radius 3 is 1.68 bits per heavy atom. The van der Waals surface area contributed by atoms with E-state index in [9.17, 15) is 4.79 Å². The van der Waals surface area contributed by atoms with Crippen LogP contribution < -0.4 is 28.4 Å². The van der Waals surface area contributed by atoms with Crippen molar-refractivity contribution >= 4 is 5.97 Å². The number of methoxy groups -OCH3 is 6. The van der Waals surface area contributed by atoms with Gasteiger partial charge < -0.3 is 38.1 Å². The zero-order valence-corrected chi connectivity index (χ0v) is 23.3. The van der Waals surface area contributed by atoms with Crippen molar-refractivity contribution in [2.45, 2.75) is 39.2 Å². The van der Waals surface area contributed by atoms with Gasteiger partial charge in [0.15, 0.2) is 23.0 Å². The molecule has 0 aliphatic carbocycles. The number of carbonyl (C=O) groups is 1. The van der Waals surface area contributed by atoms with Crippen LogP contribution in [0.4, 0.5) is 0 Å². The van der Waals surface area contributed by atoms with Crippen molar-refractivity contribution in [3.05, 3.63) is 35.4 Å². The van der Waals surface area contributed by atoms with Gasteiger partial charge in [0.05, 0.1) is 54.8 Å². The molecule has 2 rings (SSSR count). The third-order valence-electron chi connectivity index (χ3n) is 6.26. The van der Waals surface area contributed by atoms with E-state index in [2.05, 4.69) is 18.7 Å². The Morgan fingerprint density at radius 1 is 0.757 bits per heavy atom. The first kappa shape index (κ1) is 29.9. The van der Waals surface area contributed by atoms with Crippen LogP contribution in [0, 0.1) is 0 Å². The average Bonchev–Trinajstić information content (AvgIpc) is 2.92. The number of rotatable bonds is 16. The van der Waals surface area contributed by atoms with E-state index >= 15 is 0 Å². The van der Waals surface area contributed by atoms with Gasteiger partial charge in [0.2, 0.25) is 11.5 Å². The Kier molecular flexibility index (Phi) is 12.2. The van der Waals surface area contributed by atoms with Crippen molar-refractivity contribution in [3.63, 3.8) is 0 Å². The summed E-state index contributed by atoms with van der Waals surface area (Å²) in [5, 5.41) is 0. The fourth-order valence-corrected chi connectivity index (χ4v) is 4.28. The molecular formula is C28H41NO8. The molecule has 0 aliphatic heterocycles. The molecule has 0 aromatic heterocycles. The Morgan fingerprint density at radius 2 is 1.24 bits per heavy atom. The number of benzene rings is 2. The van der Waals surface area contributed by atoms with Gasteiger partial charge in [0.1, 0.15) is 0 Å². The van der Waals surface area contributed by atoms with Crippen LogP contribution in [-0.2, 0) is 11.2 Å². The average molecular weight is 520 g/mol. The minimum absolute atomic E-state index is 0.301. The molecule has 0 N–H and O–H groups in total. The van der Waals surface area contributed by atoms with Crippen LogP contribution in [0.25, 0.3) is 0 Å². The molecule has 0 radical (unpaired) electrons. The third kappa shape index (κ3) is 7.82. The number of likely N-dealkylation sites (N-methyl/N-ethyl adjacent to an activating group) is 1. The molecule has 1 unspecified atom stereocenters. The molecule has 0 bridgehead atoms. The minimum Gasteiger partial charge on any atom is -0.493 e. The Balaban J connectivity index is 1.89. The summed E-state index contributed by atoms with van der Waals surface area (Å²) in [5.74, 6) is 2.73. The van der Waals surface area contributed by atoms with Crippen LogP contribution in [0.5, 0.6) is 34.5 Å². The maximum Gasteiger partial charge on any atom is 0.338 e. The highest BCUT2D eigenvalue weighted by Crippen LogP contribution is 2.39. The fraction of sp³-hybridized carbons (Fsp3) is 0.536. The summed E-state index contributed by atoms with van der Waals surface area (Å²) in [5.41, 5.74) is 1.46. The zero-order chi connectivity index (χ0) is 27.4. The molecule has 0 spiro atoms. The smallest absolute Gasteiger partial charge is 0.338 e. The van der Waals surface area contributed by atoms with E-state index in [0.29, 0.717) is 52.7 Å². The van der Waals surface area contributed by atoms with E-state index in [4.69, 9.17) is 33.2 Å². The second kappa shape index (κ2) is 15.0. The van der Waals surface area contributed by atoms with E-state index in [1.54, 1.807) is 33.5 Å². The highest BCUT2D eigenvalue weighted by Gasteiger charge is 2.19. The SMILES string of the molecule is CCN(CCCCOC(=O)c1cc(OC)c(OC)c(OC)c1)C(C)Cc1cc(OC)c(OC)c(OC)c1. The lowest BCUT2D eigenvalue weighted by atomic mass is 10.0. The van der Waals surface area contributed by atoms with Crippen molar-refractivity contribution in [1.29, 1.82) is 0 Å². The Labute approximate surface area is 220 Å². The number of carbonyl (C=O) groups excluding carboxylic acids is 1. The maximum atomic E-state index is 12.6. The molecule has 0 saturated carbocycles. The summed E-state index contributed by atoms with van der Waals surface area (Å²) in [6.07, 6.45) is 2.49. The van der Waals surface area contributed by atoms with Gasteiger partial charge in [-0.2, -0.15) is 0 Å². The molecule has 2 aromatic rings. The van der Waals surface area contributed by atoms with Gasteiger partial charge in [0, 0.05) is 6.04 Å². The number of hydrogen-bond acceptors (Lipinski definition) is 9. The lowest BCUT2D eigenvalue weighted by Gasteiger charge is -2.28. The molecule has 0 fully saturated rings. The first-order valence-corrected chi connectivity index (χ1v) is 12.4. The van der Waals surface area contributed by atoms with Crippen molar-refractivity contribution in [2.24, 2.45) is 0 Å². The summed E-state index contributed by atoms with van der Waals surface area (Å²) in [4.78, 5) is 15.0. The standard InChI is InChI=1S/C28H41NO8/c1-9-29(19(2)14-20-15-22(31-3)26(35-7)23(16-20)32-4)12-10-11-13-37-28(30)21-17-24(33-5)27(36-8)25(18-21)34-6/h15-19H,9-14H2,1-8H3. The highest BCUT2D eigenvalue weighted by molar-refractivity contribution is 5.91. The van der Waals surface area contributed by atoms with Crippen LogP contribution in [0.15, 0.2) is 24.3 Å². The maximum absolute atomic E-state index is 12.6. The van der Waals surface area contributed by atoms with E-state index in [1.807, 2.05) is 12.1 Å². The topological polar surface area (TPSA) is 84.9 Å². The van der Waals surface area contributed by atoms with Crippen LogP contribution in [0.1, 0.15) is 42.6 Å². The summed E-state index contributed by atoms with van der Waals surface area (Å²) in [6.45, 7) is 6.49. The Hall–Kier alpha value is -3.33. The molecule has 0 amide bonds. The van der Waals surface area contributed by atoms with Gasteiger partial charge in [-0.15, -0.1) is 0 Å². The van der Waals surface area contributed by atoms with Gasteiger partial charge in [-0.25, -0.2) is 4.79 Å². The lowest BCUT2D eigenvalue weighted by Crippen LogP contribution is -2.35. The van der Waals surface area contributed by atoms with Crippen molar-refractivity contribution in [2.75, 3.05) is 62.4 Å². The summed E-state index contributed by atoms with van der Waals surface area (Å²) < 4.78 is 37.8. The van der Waals surface area contributed by atoms with Gasteiger partial charge in [-0.3, -0.25) is 0 Å². The largest absolute Gasteiger partial charge is 0.493 e. The molecule has 0 aliphatic rings. The normalized spacial score (nSPS) is 11.6. The molecule has 0 heterocycles. The second-order valence-electron chi connectivity index (χ2n) is 8.47. The molecular weight excluding hydrogens is 478 g/mol. The van der Waals surface area contributed by atoms with E-state index < -0.39 is 5.97 Å². The van der Waals surface area contributed by atoms with Gasteiger partial charge in [0.25, 0.3) is 0 Å². The number of esters is 1. The van der Waals surface area contributed by atoms with Crippen LogP contribution in [0.2, 0.25) is 0 Å². The Bertz CT molecular complexity index is 960. The highest BCUT2D eigenvalue weighted by atomic mass is 16.5. The summed E-state index contributed by atoms with van der Waals surface area (Å²) >= 11 is 0. The third-order valence-corrected chi connectivity index (χ3v) is 6.26. The quantitative estimate of drug-likeness (QED) is 0.233. The zero-order valence-electron chi connectivity index (χ0n) is 23.3. The molecule has 1 atom stereocenters. The minimum atomic E-state index is -0.428. The first-order valence-electron chi connectivity index (χ1n) is 12.4. The van der Waals surface area contributed by atoms with Crippen LogP contribution in [-0.4, -0.2) is 79.3 Å². The van der Waals surface area contributed by atoms with Gasteiger partial charge >= 0.3 is 5.97 Å². The van der Waals surface area contributed by atoms with E-state index in [-0.39, 0.29) is 0 Å². The molecule has 37 heavy (non-hydrogen) atoms. The second-order valence-corrected chi connectivity index (χ2v) is 8.47. The molecule has 206 valence electrons. The van der Waals surface area contributed by atoms with Crippen LogP contribution in [0.3, 0.4) is 0 Å². The number of nitrogens with zero attached hydrogens (tertiary/aromatic N) is 1. The number of unbranched alkanes of at least 4 members (excludes halogenated alkanes) is 1. The van der Waals surface area contributed by atoms with E-state index in [0.717, 1.165) is 37.9 Å². The van der Waals surface area contributed by atoms with E-state index in [1.165, 1.54) is 21.3 Å². The summed E-state index contributed by atoms with van der Waals surface area (Å²) in [6, 6.07) is 7.47. The van der Waals surface area contributed by atoms with Crippen molar-refractivity contribution in [1.82, 2.24) is 4.90 Å². The first-order chi connectivity index (χ1) is 17.9. The summed E-state index contributed by atoms with van der Waals surface area (Å²) in [7, 11) is 9.38. The van der Waals surface area contributed by atoms with Crippen LogP contribution >= 0.6 is 0 Å². The van der Waals surface area contributed by atoms with Crippen molar-refractivity contribution in [3.8, 4) is 34.5 Å². The molecule has 9 nitrogen and oxygen atoms in total. The molecule has 2 aromatic carbocycles. The fourth-order valence-electron chi connectivity index (χ4n) is 4.28. The molecule has 9 heteroatoms. The predicted molar refractivity (Wildman–Crippen MR) is 142 cm³/mol. The monoisotopic (exact) mass is 519 g/mol. The molecule has 0 saturated heterocycles. The van der Waals surface area contributed by atoms with Crippen molar-refractivity contribution < 1.29 is 38.0 Å².